The van der Waals surface area contributed by atoms with Gasteiger partial charge in [-0.25, -0.2) is 9.97 Å². The van der Waals surface area contributed by atoms with Crippen LogP contribution in [-0.2, 0) is 11.2 Å². The minimum Gasteiger partial charge on any atom is -0.368 e. The Labute approximate surface area is 106 Å². The molecule has 0 aromatic carbocycles. The number of halogens is 1. The fourth-order valence-corrected chi connectivity index (χ4v) is 1.87. The number of hydrogen-bond donors (Lipinski definition) is 1. The van der Waals surface area contributed by atoms with Crippen LogP contribution in [0.1, 0.15) is 26.3 Å². The van der Waals surface area contributed by atoms with Crippen molar-refractivity contribution < 1.29 is 4.79 Å². The van der Waals surface area contributed by atoms with E-state index >= 15 is 0 Å². The number of aromatic nitrogens is 2. The topological polar surface area (TPSA) is 72.1 Å². The number of hydrogen-bond acceptors (Lipinski definition) is 4. The first kappa shape index (κ1) is 13.7. The molecule has 2 N–H and O–H groups in total. The van der Waals surface area contributed by atoms with E-state index in [0.29, 0.717) is 17.4 Å². The number of carbonyl (C=O) groups is 1. The van der Waals surface area contributed by atoms with Crippen LogP contribution in [0.15, 0.2) is 6.33 Å². The van der Waals surface area contributed by atoms with Crippen molar-refractivity contribution in [3.8, 4) is 0 Å². The molecule has 5 nitrogen and oxygen atoms in total. The van der Waals surface area contributed by atoms with E-state index in [9.17, 15) is 4.79 Å². The zero-order valence-electron chi connectivity index (χ0n) is 10.3. The van der Waals surface area contributed by atoms with Gasteiger partial charge in [-0.2, -0.15) is 0 Å². The second-order valence-electron chi connectivity index (χ2n) is 4.01. The largest absolute Gasteiger partial charge is 0.368 e. The van der Waals surface area contributed by atoms with Crippen LogP contribution in [0, 0.1) is 0 Å². The summed E-state index contributed by atoms with van der Waals surface area (Å²) in [7, 11) is 0. The highest BCUT2D eigenvalue weighted by molar-refractivity contribution is 6.30. The van der Waals surface area contributed by atoms with Gasteiger partial charge in [-0.3, -0.25) is 4.79 Å². The Morgan fingerprint density at radius 1 is 1.53 bits per heavy atom. The van der Waals surface area contributed by atoms with Gasteiger partial charge in [0.2, 0.25) is 5.91 Å². The molecule has 1 aromatic heterocycles. The highest BCUT2D eigenvalue weighted by Gasteiger charge is 2.19. The number of nitrogens with zero attached hydrogens (tertiary/aromatic N) is 3. The SMILES string of the molecule is CCc1c(Cl)ncnc1N(CC(N)=O)C(C)C. The number of rotatable bonds is 5. The van der Waals surface area contributed by atoms with Crippen LogP contribution in [0.4, 0.5) is 5.82 Å². The summed E-state index contributed by atoms with van der Waals surface area (Å²) in [4.78, 5) is 21.1. The van der Waals surface area contributed by atoms with Gasteiger partial charge in [-0.1, -0.05) is 18.5 Å². The van der Waals surface area contributed by atoms with Crippen molar-refractivity contribution in [3.05, 3.63) is 17.0 Å². The number of anilines is 1. The molecule has 0 fully saturated rings. The lowest BCUT2D eigenvalue weighted by Crippen LogP contribution is -2.39. The number of primary amides is 1. The normalized spacial score (nSPS) is 10.6. The van der Waals surface area contributed by atoms with E-state index in [1.54, 1.807) is 0 Å². The zero-order valence-corrected chi connectivity index (χ0v) is 11.0. The van der Waals surface area contributed by atoms with Gasteiger partial charge < -0.3 is 10.6 Å². The molecule has 1 aromatic rings. The third-order valence-corrected chi connectivity index (χ3v) is 2.77. The molecule has 1 heterocycles. The quantitative estimate of drug-likeness (QED) is 0.808. The summed E-state index contributed by atoms with van der Waals surface area (Å²) >= 11 is 6.02. The van der Waals surface area contributed by atoms with Crippen molar-refractivity contribution in [1.82, 2.24) is 9.97 Å². The van der Waals surface area contributed by atoms with Gasteiger partial charge in [0, 0.05) is 11.6 Å². The number of nitrogens with two attached hydrogens (primary N) is 1. The predicted octanol–water partition coefficient (Wildman–Crippen LogP) is 1.39. The number of carbonyl (C=O) groups excluding carboxylic acids is 1. The molecular formula is C11H17ClN4O. The third-order valence-electron chi connectivity index (χ3n) is 2.45. The molecular weight excluding hydrogens is 240 g/mol. The minimum atomic E-state index is -0.393. The van der Waals surface area contributed by atoms with Crippen molar-refractivity contribution in [3.63, 3.8) is 0 Å². The van der Waals surface area contributed by atoms with Crippen molar-refractivity contribution in [2.75, 3.05) is 11.4 Å². The molecule has 0 spiro atoms. The van der Waals surface area contributed by atoms with E-state index in [2.05, 4.69) is 9.97 Å². The molecule has 0 aliphatic heterocycles. The van der Waals surface area contributed by atoms with E-state index in [1.165, 1.54) is 6.33 Å². The molecule has 0 saturated heterocycles. The first-order chi connectivity index (χ1) is 7.97. The molecule has 1 rings (SSSR count). The summed E-state index contributed by atoms with van der Waals surface area (Å²) < 4.78 is 0. The molecule has 0 aliphatic rings. The first-order valence-electron chi connectivity index (χ1n) is 5.51. The molecule has 0 saturated carbocycles. The second-order valence-corrected chi connectivity index (χ2v) is 4.37. The summed E-state index contributed by atoms with van der Waals surface area (Å²) in [5.41, 5.74) is 6.08. The summed E-state index contributed by atoms with van der Waals surface area (Å²) in [6.45, 7) is 6.03. The molecule has 6 heteroatoms. The highest BCUT2D eigenvalue weighted by Crippen LogP contribution is 2.24. The van der Waals surface area contributed by atoms with Crippen LogP contribution in [0.2, 0.25) is 5.15 Å². The molecule has 0 atom stereocenters. The molecule has 0 bridgehead atoms. The Morgan fingerprint density at radius 2 is 2.18 bits per heavy atom. The average Bonchev–Trinajstić information content (AvgIpc) is 2.25. The molecule has 0 aliphatic carbocycles. The van der Waals surface area contributed by atoms with Gasteiger partial charge >= 0.3 is 0 Å². The molecule has 0 unspecified atom stereocenters. The standard InChI is InChI=1S/C11H17ClN4O/c1-4-8-10(12)14-6-15-11(8)16(7(2)3)5-9(13)17/h6-7H,4-5H2,1-3H3,(H2,13,17). The van der Waals surface area contributed by atoms with E-state index in [1.807, 2.05) is 25.7 Å². The zero-order chi connectivity index (χ0) is 13.0. The van der Waals surface area contributed by atoms with Crippen molar-refractivity contribution in [2.24, 2.45) is 5.73 Å². The maximum absolute atomic E-state index is 11.1. The van der Waals surface area contributed by atoms with E-state index < -0.39 is 5.91 Å². The van der Waals surface area contributed by atoms with Gasteiger partial charge in [0.25, 0.3) is 0 Å². The Hall–Kier alpha value is -1.36. The lowest BCUT2D eigenvalue weighted by molar-refractivity contribution is -0.116. The van der Waals surface area contributed by atoms with E-state index in [4.69, 9.17) is 17.3 Å². The van der Waals surface area contributed by atoms with E-state index in [0.717, 1.165) is 5.56 Å². The lowest BCUT2D eigenvalue weighted by atomic mass is 10.2. The summed E-state index contributed by atoms with van der Waals surface area (Å²) in [6, 6.07) is 0.110. The van der Waals surface area contributed by atoms with Crippen LogP contribution in [-0.4, -0.2) is 28.5 Å². The van der Waals surface area contributed by atoms with Gasteiger partial charge in [0.1, 0.15) is 17.3 Å². The Morgan fingerprint density at radius 3 is 2.65 bits per heavy atom. The Kier molecular flexibility index (Phi) is 4.69. The highest BCUT2D eigenvalue weighted by atomic mass is 35.5. The van der Waals surface area contributed by atoms with Crippen molar-refractivity contribution in [1.29, 1.82) is 0 Å². The predicted molar refractivity (Wildman–Crippen MR) is 68.1 cm³/mol. The minimum absolute atomic E-state index is 0.110. The Bertz CT molecular complexity index is 408. The van der Waals surface area contributed by atoms with Crippen LogP contribution < -0.4 is 10.6 Å². The fourth-order valence-electron chi connectivity index (χ4n) is 1.60. The van der Waals surface area contributed by atoms with Crippen LogP contribution in [0.25, 0.3) is 0 Å². The van der Waals surface area contributed by atoms with Gasteiger partial charge in [0.05, 0.1) is 6.54 Å². The first-order valence-corrected chi connectivity index (χ1v) is 5.89. The van der Waals surface area contributed by atoms with Crippen molar-refractivity contribution >= 4 is 23.3 Å². The van der Waals surface area contributed by atoms with Gasteiger partial charge in [-0.15, -0.1) is 0 Å². The molecule has 1 amide bonds. The van der Waals surface area contributed by atoms with Gasteiger partial charge in [0.15, 0.2) is 0 Å². The third kappa shape index (κ3) is 3.30. The molecule has 94 valence electrons. The van der Waals surface area contributed by atoms with Crippen LogP contribution in [0.5, 0.6) is 0 Å². The summed E-state index contributed by atoms with van der Waals surface area (Å²) in [5, 5.41) is 0.424. The fraction of sp³-hybridized carbons (Fsp3) is 0.545. The summed E-state index contributed by atoms with van der Waals surface area (Å²) in [5.74, 6) is 0.289. The van der Waals surface area contributed by atoms with Gasteiger partial charge in [-0.05, 0) is 20.3 Å². The lowest BCUT2D eigenvalue weighted by Gasteiger charge is -2.28. The second kappa shape index (κ2) is 5.82. The average molecular weight is 257 g/mol. The monoisotopic (exact) mass is 256 g/mol. The summed E-state index contributed by atoms with van der Waals surface area (Å²) in [6.07, 6.45) is 2.10. The smallest absolute Gasteiger partial charge is 0.237 e. The van der Waals surface area contributed by atoms with E-state index in [-0.39, 0.29) is 12.6 Å². The van der Waals surface area contributed by atoms with Crippen molar-refractivity contribution in [2.45, 2.75) is 33.2 Å². The maximum Gasteiger partial charge on any atom is 0.237 e. The number of amides is 1. The maximum atomic E-state index is 11.1. The molecule has 17 heavy (non-hydrogen) atoms. The Balaban J connectivity index is 3.18. The van der Waals surface area contributed by atoms with Crippen LogP contribution in [0.3, 0.4) is 0 Å². The molecule has 0 radical (unpaired) electrons. The van der Waals surface area contributed by atoms with Crippen LogP contribution >= 0.6 is 11.6 Å².